The van der Waals surface area contributed by atoms with Crippen LogP contribution in [0, 0.1) is 5.92 Å². The lowest BCUT2D eigenvalue weighted by molar-refractivity contribution is -0.141. The van der Waals surface area contributed by atoms with Gasteiger partial charge in [0.25, 0.3) is 0 Å². The summed E-state index contributed by atoms with van der Waals surface area (Å²) in [5.74, 6) is -0.337. The lowest BCUT2D eigenvalue weighted by Gasteiger charge is -2.12. The summed E-state index contributed by atoms with van der Waals surface area (Å²) in [5.41, 5.74) is 0. The largest absolute Gasteiger partial charge is 0.481 e. The molecule has 1 aromatic carbocycles. The maximum atomic E-state index is 11.9. The molecule has 1 aliphatic carbocycles. The van der Waals surface area contributed by atoms with Crippen LogP contribution >= 0.6 is 27.7 Å². The number of hydrogen-bond acceptors (Lipinski definition) is 3. The third kappa shape index (κ3) is 5.04. The minimum atomic E-state index is -0.753. The molecular weight excluding hydrogens is 354 g/mol. The van der Waals surface area contributed by atoms with Gasteiger partial charge in [-0.3, -0.25) is 9.59 Å². The first kappa shape index (κ1) is 16.4. The van der Waals surface area contributed by atoms with Gasteiger partial charge >= 0.3 is 5.97 Å². The van der Waals surface area contributed by atoms with E-state index < -0.39 is 5.97 Å². The molecule has 2 N–H and O–H groups in total. The van der Waals surface area contributed by atoms with Gasteiger partial charge in [0.05, 0.1) is 5.92 Å². The van der Waals surface area contributed by atoms with Crippen molar-refractivity contribution in [2.24, 2.45) is 5.92 Å². The van der Waals surface area contributed by atoms with Gasteiger partial charge in [-0.1, -0.05) is 12.1 Å². The molecular formula is C15H18BrNO3S. The number of thioether (sulfide) groups is 1. The second-order valence-corrected chi connectivity index (χ2v) is 7.13. The molecule has 1 fully saturated rings. The van der Waals surface area contributed by atoms with Crippen LogP contribution in [0.5, 0.6) is 0 Å². The number of aliphatic carboxylic acids is 1. The molecule has 114 valence electrons. The Hall–Kier alpha value is -1.01. The zero-order valence-corrected chi connectivity index (χ0v) is 14.0. The average molecular weight is 372 g/mol. The summed E-state index contributed by atoms with van der Waals surface area (Å²) >= 11 is 5.11. The second-order valence-electron chi connectivity index (χ2n) is 5.14. The number of halogens is 1. The molecule has 0 aromatic heterocycles. The van der Waals surface area contributed by atoms with E-state index in [-0.39, 0.29) is 17.9 Å². The van der Waals surface area contributed by atoms with Crippen molar-refractivity contribution in [3.8, 4) is 0 Å². The Morgan fingerprint density at radius 2 is 2.10 bits per heavy atom. The second kappa shape index (κ2) is 7.84. The molecule has 2 rings (SSSR count). The van der Waals surface area contributed by atoms with Gasteiger partial charge in [-0.05, 0) is 47.3 Å². The molecule has 21 heavy (non-hydrogen) atoms. The van der Waals surface area contributed by atoms with E-state index in [2.05, 4.69) is 21.2 Å². The maximum Gasteiger partial charge on any atom is 0.306 e. The number of carboxylic acids is 1. The zero-order chi connectivity index (χ0) is 15.2. The standard InChI is InChI=1S/C15H18BrNO3S/c16-12-3-1-2-4-13(12)21-8-7-14(18)17-11-6-5-10(9-11)15(19)20/h1-4,10-11H,5-9H2,(H,17,18)(H,19,20)/t10-,11+/m1/s1. The molecule has 1 amide bonds. The number of amides is 1. The maximum absolute atomic E-state index is 11.9. The van der Waals surface area contributed by atoms with Crippen molar-refractivity contribution in [1.29, 1.82) is 0 Å². The number of rotatable bonds is 6. The number of carbonyl (C=O) groups is 2. The summed E-state index contributed by atoms with van der Waals surface area (Å²) in [6.07, 6.45) is 2.42. The molecule has 0 saturated heterocycles. The molecule has 2 atom stereocenters. The summed E-state index contributed by atoms with van der Waals surface area (Å²) in [7, 11) is 0. The number of hydrogen-bond donors (Lipinski definition) is 2. The molecule has 0 unspecified atom stereocenters. The Kier molecular flexibility index (Phi) is 6.11. The summed E-state index contributed by atoms with van der Waals surface area (Å²) in [6, 6.07) is 7.94. The highest BCUT2D eigenvalue weighted by Gasteiger charge is 2.30. The van der Waals surface area contributed by atoms with E-state index in [4.69, 9.17) is 5.11 Å². The van der Waals surface area contributed by atoms with Gasteiger partial charge in [-0.2, -0.15) is 0 Å². The van der Waals surface area contributed by atoms with Crippen LogP contribution in [0.3, 0.4) is 0 Å². The summed E-state index contributed by atoms with van der Waals surface area (Å²) in [4.78, 5) is 23.9. The first-order chi connectivity index (χ1) is 10.1. The van der Waals surface area contributed by atoms with Gasteiger partial charge < -0.3 is 10.4 Å². The summed E-state index contributed by atoms with van der Waals surface area (Å²) in [5, 5.41) is 11.9. The highest BCUT2D eigenvalue weighted by Crippen LogP contribution is 2.28. The minimum Gasteiger partial charge on any atom is -0.481 e. The molecule has 0 heterocycles. The topological polar surface area (TPSA) is 66.4 Å². The van der Waals surface area contributed by atoms with Crippen LogP contribution < -0.4 is 5.32 Å². The van der Waals surface area contributed by atoms with Crippen molar-refractivity contribution in [1.82, 2.24) is 5.32 Å². The lowest BCUT2D eigenvalue weighted by Crippen LogP contribution is -2.33. The van der Waals surface area contributed by atoms with Crippen LogP contribution in [-0.2, 0) is 9.59 Å². The zero-order valence-electron chi connectivity index (χ0n) is 11.5. The van der Waals surface area contributed by atoms with Crippen molar-refractivity contribution in [2.75, 3.05) is 5.75 Å². The van der Waals surface area contributed by atoms with Gasteiger partial charge in [0.1, 0.15) is 0 Å². The van der Waals surface area contributed by atoms with Crippen LogP contribution in [0.1, 0.15) is 25.7 Å². The van der Waals surface area contributed by atoms with Crippen molar-refractivity contribution >= 4 is 39.6 Å². The van der Waals surface area contributed by atoms with Crippen LogP contribution in [0.15, 0.2) is 33.6 Å². The third-order valence-corrected chi connectivity index (χ3v) is 5.60. The van der Waals surface area contributed by atoms with Gasteiger partial charge in [-0.25, -0.2) is 0 Å². The van der Waals surface area contributed by atoms with Gasteiger partial charge in [0.15, 0.2) is 0 Å². The number of nitrogens with one attached hydrogen (secondary N) is 1. The van der Waals surface area contributed by atoms with Gasteiger partial charge in [0.2, 0.25) is 5.91 Å². The lowest BCUT2D eigenvalue weighted by atomic mass is 10.1. The third-order valence-electron chi connectivity index (χ3n) is 3.57. The average Bonchev–Trinajstić information content (AvgIpc) is 2.89. The molecule has 0 spiro atoms. The molecule has 6 heteroatoms. The van der Waals surface area contributed by atoms with Crippen molar-refractivity contribution in [2.45, 2.75) is 36.6 Å². The normalized spacial score (nSPS) is 21.2. The van der Waals surface area contributed by atoms with Crippen LogP contribution in [0.25, 0.3) is 0 Å². The molecule has 0 radical (unpaired) electrons. The van der Waals surface area contributed by atoms with E-state index >= 15 is 0 Å². The van der Waals surface area contributed by atoms with Crippen LogP contribution in [0.2, 0.25) is 0 Å². The summed E-state index contributed by atoms with van der Waals surface area (Å²) < 4.78 is 1.04. The van der Waals surface area contributed by atoms with Gasteiger partial charge in [-0.15, -0.1) is 11.8 Å². The Morgan fingerprint density at radius 3 is 2.76 bits per heavy atom. The Bertz CT molecular complexity index is 523. The monoisotopic (exact) mass is 371 g/mol. The van der Waals surface area contributed by atoms with E-state index in [1.54, 1.807) is 11.8 Å². The molecule has 1 aliphatic rings. The number of carbonyl (C=O) groups excluding carboxylic acids is 1. The predicted octanol–water partition coefficient (Wildman–Crippen LogP) is 3.30. The van der Waals surface area contributed by atoms with Crippen molar-refractivity contribution < 1.29 is 14.7 Å². The highest BCUT2D eigenvalue weighted by molar-refractivity contribution is 9.10. The fourth-order valence-corrected chi connectivity index (χ4v) is 3.97. The van der Waals surface area contributed by atoms with E-state index in [0.717, 1.165) is 15.8 Å². The summed E-state index contributed by atoms with van der Waals surface area (Å²) in [6.45, 7) is 0. The molecule has 0 bridgehead atoms. The first-order valence-electron chi connectivity index (χ1n) is 6.95. The number of benzene rings is 1. The Balaban J connectivity index is 1.69. The molecule has 1 aromatic rings. The van der Waals surface area contributed by atoms with E-state index in [0.29, 0.717) is 25.0 Å². The predicted molar refractivity (Wildman–Crippen MR) is 86.4 cm³/mol. The van der Waals surface area contributed by atoms with Crippen LogP contribution in [0.4, 0.5) is 0 Å². The quantitative estimate of drug-likeness (QED) is 0.752. The minimum absolute atomic E-state index is 0.00518. The fourth-order valence-electron chi connectivity index (χ4n) is 2.45. The fraction of sp³-hybridized carbons (Fsp3) is 0.467. The van der Waals surface area contributed by atoms with E-state index in [1.165, 1.54) is 0 Å². The molecule has 4 nitrogen and oxygen atoms in total. The molecule has 0 aliphatic heterocycles. The van der Waals surface area contributed by atoms with Crippen LogP contribution in [-0.4, -0.2) is 28.8 Å². The first-order valence-corrected chi connectivity index (χ1v) is 8.73. The molecule has 1 saturated carbocycles. The van der Waals surface area contributed by atoms with E-state index in [1.807, 2.05) is 24.3 Å². The number of carboxylic acid groups (broad SMARTS) is 1. The SMILES string of the molecule is O=C(CCSc1ccccc1Br)N[C@H]1CC[C@@H](C(=O)O)C1. The van der Waals surface area contributed by atoms with E-state index in [9.17, 15) is 9.59 Å². The van der Waals surface area contributed by atoms with Crippen molar-refractivity contribution in [3.05, 3.63) is 28.7 Å². The smallest absolute Gasteiger partial charge is 0.306 e. The Morgan fingerprint density at radius 1 is 1.33 bits per heavy atom. The Labute approximate surface area is 136 Å². The van der Waals surface area contributed by atoms with Crippen molar-refractivity contribution in [3.63, 3.8) is 0 Å². The van der Waals surface area contributed by atoms with Gasteiger partial charge in [0, 0.05) is 27.6 Å². The highest BCUT2D eigenvalue weighted by atomic mass is 79.9.